The SMILES string of the molecule is c1ccc(-c2ccc3c4ccc(-c5ccc6c7c(cccc57)CC6)cc4c4c5ccccc5c5ccccc5c4c3c2)cc1. The summed E-state index contributed by atoms with van der Waals surface area (Å²) in [6, 6.07) is 54.6. The van der Waals surface area contributed by atoms with Gasteiger partial charge in [0.05, 0.1) is 0 Å². The Morgan fingerprint density at radius 3 is 1.48 bits per heavy atom. The topological polar surface area (TPSA) is 0 Å². The molecule has 0 heteroatoms. The van der Waals surface area contributed by atoms with Gasteiger partial charge in [0.15, 0.2) is 0 Å². The molecule has 0 saturated carbocycles. The largest absolute Gasteiger partial charge is 0.0622 e. The van der Waals surface area contributed by atoms with Crippen LogP contribution in [0.4, 0.5) is 0 Å². The van der Waals surface area contributed by atoms with E-state index in [1.807, 2.05) is 0 Å². The molecule has 204 valence electrons. The molecular formula is C44H28. The number of hydrogen-bond acceptors (Lipinski definition) is 0. The molecule has 0 bridgehead atoms. The van der Waals surface area contributed by atoms with Crippen molar-refractivity contribution in [2.45, 2.75) is 12.8 Å². The third-order valence-electron chi connectivity index (χ3n) is 10.1. The summed E-state index contributed by atoms with van der Waals surface area (Å²) in [4.78, 5) is 0. The van der Waals surface area contributed by atoms with E-state index in [1.165, 1.54) is 98.0 Å². The number of fused-ring (bicyclic) bond motifs is 11. The molecule has 0 atom stereocenters. The van der Waals surface area contributed by atoms with Crippen LogP contribution in [0.5, 0.6) is 0 Å². The fourth-order valence-corrected chi connectivity index (χ4v) is 8.15. The van der Waals surface area contributed by atoms with E-state index in [1.54, 1.807) is 0 Å². The number of rotatable bonds is 2. The van der Waals surface area contributed by atoms with Gasteiger partial charge < -0.3 is 0 Å². The Kier molecular flexibility index (Phi) is 4.93. The van der Waals surface area contributed by atoms with Gasteiger partial charge in [-0.3, -0.25) is 0 Å². The Hall–Kier alpha value is -5.46. The van der Waals surface area contributed by atoms with Gasteiger partial charge in [-0.15, -0.1) is 0 Å². The van der Waals surface area contributed by atoms with Gasteiger partial charge in [0.2, 0.25) is 0 Å². The summed E-state index contributed by atoms with van der Waals surface area (Å²) in [5.74, 6) is 0. The molecule has 0 heterocycles. The van der Waals surface area contributed by atoms with E-state index in [9.17, 15) is 0 Å². The second kappa shape index (κ2) is 9.02. The van der Waals surface area contributed by atoms with Crippen molar-refractivity contribution in [3.63, 3.8) is 0 Å². The quantitative estimate of drug-likeness (QED) is 0.186. The predicted molar refractivity (Wildman–Crippen MR) is 190 cm³/mol. The Morgan fingerprint density at radius 1 is 0.273 bits per heavy atom. The van der Waals surface area contributed by atoms with Crippen LogP contribution in [-0.2, 0) is 12.8 Å². The van der Waals surface area contributed by atoms with E-state index >= 15 is 0 Å². The predicted octanol–water partition coefficient (Wildman–Crippen LogP) is 12.0. The van der Waals surface area contributed by atoms with Gasteiger partial charge in [-0.25, -0.2) is 0 Å². The summed E-state index contributed by atoms with van der Waals surface area (Å²) < 4.78 is 0. The van der Waals surface area contributed by atoms with Gasteiger partial charge in [-0.2, -0.15) is 0 Å². The smallest absolute Gasteiger partial charge is 0.00137 e. The van der Waals surface area contributed by atoms with E-state index in [4.69, 9.17) is 0 Å². The van der Waals surface area contributed by atoms with Crippen molar-refractivity contribution in [3.05, 3.63) is 157 Å². The Morgan fingerprint density at radius 2 is 0.795 bits per heavy atom. The Labute approximate surface area is 255 Å². The zero-order valence-electron chi connectivity index (χ0n) is 24.3. The van der Waals surface area contributed by atoms with Gasteiger partial charge in [0.1, 0.15) is 0 Å². The van der Waals surface area contributed by atoms with E-state index in [0.29, 0.717) is 0 Å². The molecule has 0 radical (unpaired) electrons. The molecule has 0 aromatic heterocycles. The van der Waals surface area contributed by atoms with Crippen molar-refractivity contribution in [2.24, 2.45) is 0 Å². The maximum atomic E-state index is 2.47. The van der Waals surface area contributed by atoms with Gasteiger partial charge in [-0.1, -0.05) is 133 Å². The highest BCUT2D eigenvalue weighted by Crippen LogP contribution is 2.46. The second-order valence-corrected chi connectivity index (χ2v) is 12.3. The molecule has 0 aliphatic heterocycles. The van der Waals surface area contributed by atoms with E-state index in [2.05, 4.69) is 146 Å². The van der Waals surface area contributed by atoms with Crippen LogP contribution >= 0.6 is 0 Å². The lowest BCUT2D eigenvalue weighted by Crippen LogP contribution is -1.90. The van der Waals surface area contributed by atoms with E-state index in [-0.39, 0.29) is 0 Å². The average molecular weight is 557 g/mol. The first kappa shape index (κ1) is 24.0. The molecule has 0 fully saturated rings. The highest BCUT2D eigenvalue weighted by molar-refractivity contribution is 6.39. The minimum absolute atomic E-state index is 1.15. The molecule has 1 aliphatic rings. The van der Waals surface area contributed by atoms with Crippen molar-refractivity contribution in [1.29, 1.82) is 0 Å². The lowest BCUT2D eigenvalue weighted by atomic mass is 9.85. The highest BCUT2D eigenvalue weighted by atomic mass is 14.2. The maximum Gasteiger partial charge on any atom is -0.00137 e. The summed E-state index contributed by atoms with van der Waals surface area (Å²) in [6.07, 6.45) is 2.29. The van der Waals surface area contributed by atoms with Crippen molar-refractivity contribution in [2.75, 3.05) is 0 Å². The molecule has 0 N–H and O–H groups in total. The summed E-state index contributed by atoms with van der Waals surface area (Å²) in [5, 5.41) is 16.0. The molecule has 0 saturated heterocycles. The standard InChI is InChI=1S/C44H28/c1-2-9-27(10-3-1)30-20-23-35-36-24-21-31(32-22-19-29-18-17-28-11-8-16-37(32)42(28)29)26-41(36)44-39-15-7-5-13-34(39)33-12-4-6-14-38(33)43(44)40(35)25-30/h1-16,19-26H,17-18H2. The summed E-state index contributed by atoms with van der Waals surface area (Å²) in [5.41, 5.74) is 8.08. The fourth-order valence-electron chi connectivity index (χ4n) is 8.15. The lowest BCUT2D eigenvalue weighted by Gasteiger charge is -2.18. The minimum atomic E-state index is 1.15. The van der Waals surface area contributed by atoms with Gasteiger partial charge >= 0.3 is 0 Å². The number of benzene rings is 9. The zero-order chi connectivity index (χ0) is 28.8. The molecule has 0 amide bonds. The van der Waals surface area contributed by atoms with Crippen molar-refractivity contribution >= 4 is 64.6 Å². The number of aryl methyl sites for hydroxylation is 2. The van der Waals surface area contributed by atoms with Crippen LogP contribution in [0.15, 0.2) is 146 Å². The summed E-state index contributed by atoms with van der Waals surface area (Å²) in [6.45, 7) is 0. The number of hydrogen-bond donors (Lipinski definition) is 0. The molecule has 10 rings (SSSR count). The first-order valence-electron chi connectivity index (χ1n) is 15.7. The first-order chi connectivity index (χ1) is 21.8. The molecule has 0 spiro atoms. The molecule has 9 aromatic carbocycles. The van der Waals surface area contributed by atoms with Gasteiger partial charge in [0.25, 0.3) is 0 Å². The van der Waals surface area contributed by atoms with Gasteiger partial charge in [0, 0.05) is 0 Å². The molecule has 1 aliphatic carbocycles. The average Bonchev–Trinajstić information content (AvgIpc) is 3.53. The lowest BCUT2D eigenvalue weighted by molar-refractivity contribution is 1.02. The molecule has 44 heavy (non-hydrogen) atoms. The van der Waals surface area contributed by atoms with E-state index in [0.717, 1.165) is 12.8 Å². The normalized spacial score (nSPS) is 12.8. The van der Waals surface area contributed by atoms with Crippen molar-refractivity contribution in [3.8, 4) is 22.3 Å². The van der Waals surface area contributed by atoms with Crippen molar-refractivity contribution in [1.82, 2.24) is 0 Å². The molecule has 0 nitrogen and oxygen atoms in total. The third-order valence-corrected chi connectivity index (χ3v) is 10.1. The van der Waals surface area contributed by atoms with Gasteiger partial charge in [-0.05, 0) is 123 Å². The van der Waals surface area contributed by atoms with E-state index < -0.39 is 0 Å². The Bertz CT molecular complexity index is 2630. The highest BCUT2D eigenvalue weighted by Gasteiger charge is 2.19. The zero-order valence-corrected chi connectivity index (χ0v) is 24.3. The minimum Gasteiger partial charge on any atom is -0.0622 e. The van der Waals surface area contributed by atoms with Crippen LogP contribution in [0.3, 0.4) is 0 Å². The van der Waals surface area contributed by atoms with Crippen LogP contribution in [0.2, 0.25) is 0 Å². The monoisotopic (exact) mass is 556 g/mol. The fraction of sp³-hybridized carbons (Fsp3) is 0.0455. The Balaban J connectivity index is 1.40. The molecule has 9 aromatic rings. The maximum absolute atomic E-state index is 2.47. The van der Waals surface area contributed by atoms with Crippen molar-refractivity contribution < 1.29 is 0 Å². The molecular weight excluding hydrogens is 528 g/mol. The first-order valence-corrected chi connectivity index (χ1v) is 15.7. The summed E-state index contributed by atoms with van der Waals surface area (Å²) in [7, 11) is 0. The van der Waals surface area contributed by atoms with Crippen LogP contribution in [0, 0.1) is 0 Å². The van der Waals surface area contributed by atoms with Crippen LogP contribution in [0.25, 0.3) is 86.9 Å². The molecule has 0 unspecified atom stereocenters. The van der Waals surface area contributed by atoms with Crippen LogP contribution < -0.4 is 0 Å². The second-order valence-electron chi connectivity index (χ2n) is 12.3. The third kappa shape index (κ3) is 3.28. The summed E-state index contributed by atoms with van der Waals surface area (Å²) >= 11 is 0. The van der Waals surface area contributed by atoms with Crippen LogP contribution in [0.1, 0.15) is 11.1 Å². The van der Waals surface area contributed by atoms with Crippen LogP contribution in [-0.4, -0.2) is 0 Å².